The number of rotatable bonds is 2. The third kappa shape index (κ3) is 3.49. The van der Waals surface area contributed by atoms with Gasteiger partial charge in [0.1, 0.15) is 0 Å². The monoisotopic (exact) mass is 474 g/mol. The molecule has 0 bridgehead atoms. The minimum Gasteiger partial charge on any atom is -0.393 e. The van der Waals surface area contributed by atoms with Crippen molar-refractivity contribution in [2.24, 2.45) is 39.6 Å². The molecule has 1 N–H and O–H groups in total. The number of benzene rings is 1. The van der Waals surface area contributed by atoms with Crippen LogP contribution in [0.15, 0.2) is 41.0 Å². The van der Waals surface area contributed by atoms with E-state index in [-0.39, 0.29) is 28.9 Å². The van der Waals surface area contributed by atoms with Crippen molar-refractivity contribution in [2.45, 2.75) is 97.6 Å². The average molecular weight is 475 g/mol. The molecule has 5 aliphatic rings. The number of carbonyl (C=O) groups is 1. The summed E-state index contributed by atoms with van der Waals surface area (Å²) in [5, 5.41) is 17.1. The Bertz CT molecular complexity index is 1090. The molecular weight excluding hydrogens is 432 g/mol. The molecule has 0 radical (unpaired) electrons. The highest BCUT2D eigenvalue weighted by atomic mass is 16.3. The first-order chi connectivity index (χ1) is 16.7. The van der Waals surface area contributed by atoms with Gasteiger partial charge in [0, 0.05) is 25.0 Å². The molecule has 3 saturated carbocycles. The minimum absolute atomic E-state index is 0.0374. The second-order valence-corrected chi connectivity index (χ2v) is 12.9. The van der Waals surface area contributed by atoms with Crippen molar-refractivity contribution in [2.75, 3.05) is 0 Å². The number of aliphatic hydroxyl groups is 1. The van der Waals surface area contributed by atoms with Gasteiger partial charge in [0.25, 0.3) is 0 Å². The second kappa shape index (κ2) is 8.30. The molecular formula is C31H42N2O2. The molecule has 8 atom stereocenters. The Kier molecular flexibility index (Phi) is 5.56. The first-order valence-corrected chi connectivity index (χ1v) is 14.0. The number of hydrogen-bond donors (Lipinski definition) is 1. The van der Waals surface area contributed by atoms with Crippen LogP contribution in [0.3, 0.4) is 0 Å². The first kappa shape index (κ1) is 23.5. The van der Waals surface area contributed by atoms with Crippen molar-refractivity contribution in [3.05, 3.63) is 47.0 Å². The Morgan fingerprint density at radius 1 is 1.06 bits per heavy atom. The lowest BCUT2D eigenvalue weighted by atomic mass is 9.47. The molecule has 1 heterocycles. The van der Waals surface area contributed by atoms with E-state index in [0.717, 1.165) is 43.4 Å². The maximum Gasteiger partial charge on any atom is 0.240 e. The number of nitrogens with zero attached hydrogens (tertiary/aromatic N) is 2. The molecule has 0 saturated heterocycles. The number of amides is 1. The summed E-state index contributed by atoms with van der Waals surface area (Å²) in [4.78, 5) is 12.6. The summed E-state index contributed by atoms with van der Waals surface area (Å²) in [5.41, 5.74) is 5.87. The lowest BCUT2D eigenvalue weighted by molar-refractivity contribution is -0.130. The average Bonchev–Trinajstić information content (AvgIpc) is 3.41. The van der Waals surface area contributed by atoms with Crippen molar-refractivity contribution in [3.63, 3.8) is 0 Å². The lowest BCUT2D eigenvalue weighted by Crippen LogP contribution is -2.51. The number of allylic oxidation sites excluding steroid dienone is 1. The zero-order valence-electron chi connectivity index (χ0n) is 22.0. The molecule has 1 aromatic carbocycles. The van der Waals surface area contributed by atoms with E-state index in [0.29, 0.717) is 5.92 Å². The number of fused-ring (bicyclic) bond motifs is 5. The Hall–Kier alpha value is -1.94. The van der Waals surface area contributed by atoms with E-state index in [9.17, 15) is 9.90 Å². The van der Waals surface area contributed by atoms with Gasteiger partial charge < -0.3 is 5.11 Å². The zero-order valence-corrected chi connectivity index (χ0v) is 22.0. The number of carbonyl (C=O) groups excluding carboxylic acids is 1. The van der Waals surface area contributed by atoms with Crippen LogP contribution in [-0.2, 0) is 4.79 Å². The molecule has 3 fully saturated rings. The van der Waals surface area contributed by atoms with Crippen molar-refractivity contribution >= 4 is 11.6 Å². The van der Waals surface area contributed by atoms with Crippen LogP contribution >= 0.6 is 0 Å². The third-order valence-corrected chi connectivity index (χ3v) is 11.3. The lowest BCUT2D eigenvalue weighted by Gasteiger charge is -2.58. The highest BCUT2D eigenvalue weighted by Gasteiger charge is 2.59. The van der Waals surface area contributed by atoms with Crippen LogP contribution in [-0.4, -0.2) is 27.8 Å². The highest BCUT2D eigenvalue weighted by molar-refractivity contribution is 5.92. The van der Waals surface area contributed by atoms with Gasteiger partial charge >= 0.3 is 0 Å². The number of aryl methyl sites for hydroxylation is 1. The molecule has 0 spiro atoms. The van der Waals surface area contributed by atoms with Gasteiger partial charge in [0.15, 0.2) is 0 Å². The maximum atomic E-state index is 12.6. The van der Waals surface area contributed by atoms with Crippen molar-refractivity contribution in [1.29, 1.82) is 0 Å². The molecule has 4 heteroatoms. The van der Waals surface area contributed by atoms with E-state index >= 15 is 0 Å². The molecule has 1 amide bonds. The molecule has 35 heavy (non-hydrogen) atoms. The van der Waals surface area contributed by atoms with Gasteiger partial charge in [-0.1, -0.05) is 49.8 Å². The second-order valence-electron chi connectivity index (χ2n) is 12.9. The van der Waals surface area contributed by atoms with Crippen LogP contribution in [0, 0.1) is 41.4 Å². The molecule has 4 aliphatic carbocycles. The topological polar surface area (TPSA) is 52.9 Å². The summed E-state index contributed by atoms with van der Waals surface area (Å²) < 4.78 is 0. The normalized spacial score (nSPS) is 42.6. The van der Waals surface area contributed by atoms with E-state index in [2.05, 4.69) is 51.1 Å². The van der Waals surface area contributed by atoms with Gasteiger partial charge in [-0.25, -0.2) is 5.01 Å². The van der Waals surface area contributed by atoms with Crippen LogP contribution in [0.5, 0.6) is 0 Å². The van der Waals surface area contributed by atoms with Crippen LogP contribution < -0.4 is 0 Å². The fraction of sp³-hybridized carbons (Fsp3) is 0.677. The largest absolute Gasteiger partial charge is 0.393 e. The SMILES string of the molecule is CC(=O)N1N=C(C2CC[C@H]3[C@@H]4CC=C5CC(O)CC[C@]5(C)[C@H]4CC[C@]23C)CC1c1ccccc1C. The maximum absolute atomic E-state index is 12.6. The van der Waals surface area contributed by atoms with E-state index in [1.165, 1.54) is 48.9 Å². The smallest absolute Gasteiger partial charge is 0.240 e. The summed E-state index contributed by atoms with van der Waals surface area (Å²) in [6.07, 6.45) is 12.5. The van der Waals surface area contributed by atoms with Gasteiger partial charge in [-0.05, 0) is 98.0 Å². The summed E-state index contributed by atoms with van der Waals surface area (Å²) in [5.74, 6) is 2.77. The Labute approximate surface area is 210 Å². The fourth-order valence-electron chi connectivity index (χ4n) is 9.43. The van der Waals surface area contributed by atoms with Crippen molar-refractivity contribution in [1.82, 2.24) is 5.01 Å². The number of aliphatic hydroxyl groups excluding tert-OH is 1. The standard InChI is InChI=1S/C31H42N2O2/c1-19-7-5-6-8-23(19)29-18-28(32-33(29)20(2)34)27-12-11-25-24-10-9-21-17-22(35)13-15-30(21,3)26(24)14-16-31(25,27)4/h5-9,22,24-27,29,35H,10-18H2,1-4H3/t22?,24-,25-,26-,27?,29?,30-,31-/m0/s1. The molecule has 1 aliphatic heterocycles. The Morgan fingerprint density at radius 3 is 2.63 bits per heavy atom. The summed E-state index contributed by atoms with van der Waals surface area (Å²) in [6.45, 7) is 8.88. The molecule has 3 unspecified atom stereocenters. The predicted molar refractivity (Wildman–Crippen MR) is 140 cm³/mol. The molecule has 0 aromatic heterocycles. The Balaban J connectivity index is 1.28. The van der Waals surface area contributed by atoms with Gasteiger partial charge in [-0.3, -0.25) is 4.79 Å². The van der Waals surface area contributed by atoms with E-state index in [1.807, 2.05) is 0 Å². The Morgan fingerprint density at radius 2 is 1.86 bits per heavy atom. The molecule has 4 nitrogen and oxygen atoms in total. The van der Waals surface area contributed by atoms with Crippen LogP contribution in [0.2, 0.25) is 0 Å². The zero-order chi connectivity index (χ0) is 24.5. The van der Waals surface area contributed by atoms with Crippen molar-refractivity contribution < 1.29 is 9.90 Å². The van der Waals surface area contributed by atoms with E-state index in [1.54, 1.807) is 17.5 Å². The van der Waals surface area contributed by atoms with E-state index < -0.39 is 0 Å². The van der Waals surface area contributed by atoms with Gasteiger partial charge in [-0.2, -0.15) is 5.10 Å². The number of hydrazone groups is 1. The van der Waals surface area contributed by atoms with Crippen LogP contribution in [0.4, 0.5) is 0 Å². The summed E-state index contributed by atoms with van der Waals surface area (Å²) in [7, 11) is 0. The molecule has 188 valence electrons. The predicted octanol–water partition coefficient (Wildman–Crippen LogP) is 6.58. The summed E-state index contributed by atoms with van der Waals surface area (Å²) in [6, 6.07) is 8.52. The first-order valence-electron chi connectivity index (χ1n) is 14.0. The highest BCUT2D eigenvalue weighted by Crippen LogP contribution is 2.66. The van der Waals surface area contributed by atoms with E-state index in [4.69, 9.17) is 5.10 Å². The molecule has 1 aromatic rings. The minimum atomic E-state index is -0.138. The quantitative estimate of drug-likeness (QED) is 0.492. The van der Waals surface area contributed by atoms with Gasteiger partial charge in [0.2, 0.25) is 5.91 Å². The van der Waals surface area contributed by atoms with Gasteiger partial charge in [-0.15, -0.1) is 0 Å². The van der Waals surface area contributed by atoms with Crippen molar-refractivity contribution in [3.8, 4) is 0 Å². The van der Waals surface area contributed by atoms with Gasteiger partial charge in [0.05, 0.1) is 12.1 Å². The van der Waals surface area contributed by atoms with Crippen LogP contribution in [0.1, 0.15) is 95.7 Å². The summed E-state index contributed by atoms with van der Waals surface area (Å²) >= 11 is 0. The fourth-order valence-corrected chi connectivity index (χ4v) is 9.43. The third-order valence-electron chi connectivity index (χ3n) is 11.3. The number of hydrogen-bond acceptors (Lipinski definition) is 3. The van der Waals surface area contributed by atoms with Crippen LogP contribution in [0.25, 0.3) is 0 Å². The molecule has 6 rings (SSSR count).